The van der Waals surface area contributed by atoms with Crippen LogP contribution in [0.3, 0.4) is 0 Å². The maximum atomic E-state index is 12.8. The van der Waals surface area contributed by atoms with Gasteiger partial charge in [-0.05, 0) is 24.6 Å². The van der Waals surface area contributed by atoms with E-state index in [9.17, 15) is 4.79 Å². The third-order valence-corrected chi connectivity index (χ3v) is 4.57. The van der Waals surface area contributed by atoms with Crippen LogP contribution in [0.2, 0.25) is 0 Å². The molecule has 1 aliphatic rings. The average Bonchev–Trinajstić information content (AvgIpc) is 2.84. The molecule has 0 aliphatic carbocycles. The Balaban J connectivity index is 1.49. The standard InChI is InChI=1S/C21H21N3O2/c1-15-13-24(14-18-6-2-3-10-19(18)26-15)21(25)23-12-17-8-4-7-16-9-5-11-22-20(16)17/h2-11,15H,12-14H2,1H3,(H,23,25). The maximum absolute atomic E-state index is 12.8. The molecule has 4 rings (SSSR count). The van der Waals surface area contributed by atoms with Gasteiger partial charge >= 0.3 is 6.03 Å². The molecule has 1 aliphatic heterocycles. The number of fused-ring (bicyclic) bond motifs is 2. The molecule has 5 heteroatoms. The lowest BCUT2D eigenvalue weighted by molar-refractivity contribution is 0.158. The molecule has 3 aromatic rings. The fourth-order valence-electron chi connectivity index (χ4n) is 3.33. The van der Waals surface area contributed by atoms with Crippen molar-refractivity contribution in [2.45, 2.75) is 26.1 Å². The highest BCUT2D eigenvalue weighted by Crippen LogP contribution is 2.24. The summed E-state index contributed by atoms with van der Waals surface area (Å²) in [5.41, 5.74) is 2.96. The summed E-state index contributed by atoms with van der Waals surface area (Å²) in [7, 11) is 0. The molecular weight excluding hydrogens is 326 g/mol. The van der Waals surface area contributed by atoms with Gasteiger partial charge in [-0.3, -0.25) is 4.98 Å². The number of aromatic nitrogens is 1. The van der Waals surface area contributed by atoms with E-state index in [1.54, 1.807) is 11.1 Å². The monoisotopic (exact) mass is 347 g/mol. The molecule has 1 aromatic heterocycles. The number of carbonyl (C=O) groups is 1. The van der Waals surface area contributed by atoms with Crippen LogP contribution >= 0.6 is 0 Å². The number of ether oxygens (including phenoxy) is 1. The Labute approximate surface area is 152 Å². The number of urea groups is 1. The second kappa shape index (κ2) is 7.04. The molecule has 0 bridgehead atoms. The van der Waals surface area contributed by atoms with E-state index in [1.807, 2.05) is 61.5 Å². The van der Waals surface area contributed by atoms with Crippen LogP contribution in [0.4, 0.5) is 4.79 Å². The van der Waals surface area contributed by atoms with E-state index >= 15 is 0 Å². The van der Waals surface area contributed by atoms with Crippen molar-refractivity contribution in [1.82, 2.24) is 15.2 Å². The van der Waals surface area contributed by atoms with Crippen molar-refractivity contribution in [2.75, 3.05) is 6.54 Å². The van der Waals surface area contributed by atoms with Crippen molar-refractivity contribution in [1.29, 1.82) is 0 Å². The summed E-state index contributed by atoms with van der Waals surface area (Å²) < 4.78 is 5.93. The molecule has 0 saturated carbocycles. The SMILES string of the molecule is CC1CN(C(=O)NCc2cccc3cccnc23)Cc2ccccc2O1. The number of hydrogen-bond donors (Lipinski definition) is 1. The van der Waals surface area contributed by atoms with E-state index in [0.717, 1.165) is 27.8 Å². The number of para-hydroxylation sites is 2. The molecule has 0 spiro atoms. The predicted molar refractivity (Wildman–Crippen MR) is 101 cm³/mol. The van der Waals surface area contributed by atoms with Gasteiger partial charge < -0.3 is 15.0 Å². The maximum Gasteiger partial charge on any atom is 0.318 e. The second-order valence-electron chi connectivity index (χ2n) is 6.57. The Morgan fingerprint density at radius 3 is 2.96 bits per heavy atom. The minimum atomic E-state index is -0.0925. The zero-order valence-corrected chi connectivity index (χ0v) is 14.7. The van der Waals surface area contributed by atoms with Crippen LogP contribution in [-0.4, -0.2) is 28.6 Å². The number of hydrogen-bond acceptors (Lipinski definition) is 3. The first kappa shape index (κ1) is 16.4. The fourth-order valence-corrected chi connectivity index (χ4v) is 3.33. The van der Waals surface area contributed by atoms with E-state index in [0.29, 0.717) is 19.6 Å². The normalized spacial score (nSPS) is 16.5. The summed E-state index contributed by atoms with van der Waals surface area (Å²) in [6.07, 6.45) is 1.72. The van der Waals surface area contributed by atoms with Gasteiger partial charge in [0, 0.05) is 23.7 Å². The van der Waals surface area contributed by atoms with Crippen LogP contribution in [-0.2, 0) is 13.1 Å². The number of nitrogens with zero attached hydrogens (tertiary/aromatic N) is 2. The predicted octanol–water partition coefficient (Wildman–Crippen LogP) is 3.73. The smallest absolute Gasteiger partial charge is 0.318 e. The van der Waals surface area contributed by atoms with Crippen molar-refractivity contribution in [3.63, 3.8) is 0 Å². The Morgan fingerprint density at radius 1 is 1.19 bits per heavy atom. The van der Waals surface area contributed by atoms with E-state index in [4.69, 9.17) is 4.74 Å². The summed E-state index contributed by atoms with van der Waals surface area (Å²) in [5.74, 6) is 0.855. The van der Waals surface area contributed by atoms with Gasteiger partial charge in [-0.25, -0.2) is 4.79 Å². The first-order valence-electron chi connectivity index (χ1n) is 8.80. The minimum Gasteiger partial charge on any atom is -0.489 e. The van der Waals surface area contributed by atoms with Crippen LogP contribution < -0.4 is 10.1 Å². The summed E-state index contributed by atoms with van der Waals surface area (Å²) >= 11 is 0. The van der Waals surface area contributed by atoms with E-state index < -0.39 is 0 Å². The lowest BCUT2D eigenvalue weighted by Crippen LogP contribution is -2.42. The third-order valence-electron chi connectivity index (χ3n) is 4.57. The van der Waals surface area contributed by atoms with E-state index in [1.165, 1.54) is 0 Å². The second-order valence-corrected chi connectivity index (χ2v) is 6.57. The number of nitrogens with one attached hydrogen (secondary N) is 1. The molecule has 2 aromatic carbocycles. The number of rotatable bonds is 2. The lowest BCUT2D eigenvalue weighted by Gasteiger charge is -2.22. The Kier molecular flexibility index (Phi) is 4.44. The highest BCUT2D eigenvalue weighted by molar-refractivity contribution is 5.82. The topological polar surface area (TPSA) is 54.5 Å². The lowest BCUT2D eigenvalue weighted by atomic mass is 10.1. The van der Waals surface area contributed by atoms with Gasteiger partial charge in [-0.2, -0.15) is 0 Å². The largest absolute Gasteiger partial charge is 0.489 e. The molecule has 0 saturated heterocycles. The molecule has 0 radical (unpaired) electrons. The van der Waals surface area contributed by atoms with Crippen molar-refractivity contribution >= 4 is 16.9 Å². The number of pyridine rings is 1. The number of benzene rings is 2. The van der Waals surface area contributed by atoms with Gasteiger partial charge in [0.15, 0.2) is 0 Å². The van der Waals surface area contributed by atoms with Gasteiger partial charge in [0.1, 0.15) is 11.9 Å². The average molecular weight is 347 g/mol. The molecule has 1 N–H and O–H groups in total. The molecule has 2 amide bonds. The highest BCUT2D eigenvalue weighted by atomic mass is 16.5. The highest BCUT2D eigenvalue weighted by Gasteiger charge is 2.23. The van der Waals surface area contributed by atoms with Crippen LogP contribution in [0.5, 0.6) is 5.75 Å². The van der Waals surface area contributed by atoms with Crippen LogP contribution in [0, 0.1) is 0 Å². The van der Waals surface area contributed by atoms with Gasteiger partial charge in [-0.15, -0.1) is 0 Å². The summed E-state index contributed by atoms with van der Waals surface area (Å²) in [5, 5.41) is 4.11. The van der Waals surface area contributed by atoms with Crippen LogP contribution in [0.1, 0.15) is 18.1 Å². The zero-order chi connectivity index (χ0) is 17.9. The molecule has 0 fully saturated rings. The molecular formula is C21H21N3O2. The molecule has 2 heterocycles. The van der Waals surface area contributed by atoms with Crippen molar-refractivity contribution < 1.29 is 9.53 Å². The van der Waals surface area contributed by atoms with Crippen molar-refractivity contribution in [2.24, 2.45) is 0 Å². The quantitative estimate of drug-likeness (QED) is 0.768. The molecule has 132 valence electrons. The van der Waals surface area contributed by atoms with Crippen LogP contribution in [0.25, 0.3) is 10.9 Å². The van der Waals surface area contributed by atoms with E-state index in [-0.39, 0.29) is 12.1 Å². The van der Waals surface area contributed by atoms with Gasteiger partial charge in [-0.1, -0.05) is 42.5 Å². The molecule has 1 unspecified atom stereocenters. The Bertz CT molecular complexity index is 936. The zero-order valence-electron chi connectivity index (χ0n) is 14.7. The first-order valence-corrected chi connectivity index (χ1v) is 8.80. The molecule has 26 heavy (non-hydrogen) atoms. The van der Waals surface area contributed by atoms with Crippen molar-refractivity contribution in [3.8, 4) is 5.75 Å². The van der Waals surface area contributed by atoms with Crippen molar-refractivity contribution in [3.05, 3.63) is 71.9 Å². The number of carbonyl (C=O) groups excluding carboxylic acids is 1. The third kappa shape index (κ3) is 3.33. The van der Waals surface area contributed by atoms with Gasteiger partial charge in [0.25, 0.3) is 0 Å². The minimum absolute atomic E-state index is 0.0522. The number of amides is 2. The van der Waals surface area contributed by atoms with Crippen LogP contribution in [0.15, 0.2) is 60.8 Å². The summed E-state index contributed by atoms with van der Waals surface area (Å²) in [6.45, 7) is 3.52. The fraction of sp³-hybridized carbons (Fsp3) is 0.238. The van der Waals surface area contributed by atoms with Gasteiger partial charge in [0.2, 0.25) is 0 Å². The first-order chi connectivity index (χ1) is 12.7. The Hall–Kier alpha value is -3.08. The molecule has 5 nitrogen and oxygen atoms in total. The Morgan fingerprint density at radius 2 is 2.04 bits per heavy atom. The summed E-state index contributed by atoms with van der Waals surface area (Å²) in [4.78, 5) is 19.0. The van der Waals surface area contributed by atoms with Gasteiger partial charge in [0.05, 0.1) is 18.6 Å². The van der Waals surface area contributed by atoms with E-state index in [2.05, 4.69) is 10.3 Å². The summed E-state index contributed by atoms with van der Waals surface area (Å²) in [6, 6.07) is 17.7. The molecule has 1 atom stereocenters.